The van der Waals surface area contributed by atoms with Crippen LogP contribution in [0.5, 0.6) is 0 Å². The molecule has 2 amide bonds. The predicted molar refractivity (Wildman–Crippen MR) is 95.9 cm³/mol. The third-order valence-electron chi connectivity index (χ3n) is 3.52. The Hall–Kier alpha value is -2.33. The highest BCUT2D eigenvalue weighted by Gasteiger charge is 2.08. The Balaban J connectivity index is 1.60. The van der Waals surface area contributed by atoms with Gasteiger partial charge in [0.2, 0.25) is 11.8 Å². The molecule has 0 radical (unpaired) electrons. The Morgan fingerprint density at radius 3 is 2.00 bits per heavy atom. The van der Waals surface area contributed by atoms with Crippen LogP contribution < -0.4 is 10.6 Å². The van der Waals surface area contributed by atoms with Gasteiger partial charge in [0.25, 0.3) is 0 Å². The van der Waals surface area contributed by atoms with E-state index in [0.29, 0.717) is 24.5 Å². The van der Waals surface area contributed by atoms with Crippen molar-refractivity contribution in [3.63, 3.8) is 0 Å². The molecule has 2 N–H and O–H groups in total. The molecule has 0 aromatic heterocycles. The molecule has 0 unspecified atom stereocenters. The average molecular weight is 345 g/mol. The average Bonchev–Trinajstić information content (AvgIpc) is 2.56. The first-order valence-electron chi connectivity index (χ1n) is 7.95. The van der Waals surface area contributed by atoms with Gasteiger partial charge in [-0.05, 0) is 36.1 Å². The van der Waals surface area contributed by atoms with Crippen LogP contribution in [0.4, 0.5) is 0 Å². The van der Waals surface area contributed by atoms with Gasteiger partial charge in [0.15, 0.2) is 0 Å². The highest BCUT2D eigenvalue weighted by atomic mass is 35.5. The van der Waals surface area contributed by atoms with Crippen LogP contribution in [-0.4, -0.2) is 24.9 Å². The minimum atomic E-state index is -0.269. The topological polar surface area (TPSA) is 58.2 Å². The molecule has 0 saturated carbocycles. The highest BCUT2D eigenvalue weighted by Crippen LogP contribution is 2.10. The lowest BCUT2D eigenvalue weighted by atomic mass is 10.1. The van der Waals surface area contributed by atoms with Crippen LogP contribution in [0.15, 0.2) is 54.6 Å². The fourth-order valence-corrected chi connectivity index (χ4v) is 2.51. The van der Waals surface area contributed by atoms with E-state index in [1.165, 1.54) is 0 Å². The molecule has 2 aromatic rings. The smallest absolute Gasteiger partial charge is 0.229 e. The molecule has 0 aliphatic heterocycles. The Morgan fingerprint density at radius 1 is 0.792 bits per heavy atom. The number of nitrogens with one attached hydrogen (secondary N) is 2. The molecule has 2 rings (SSSR count). The Morgan fingerprint density at radius 2 is 1.38 bits per heavy atom. The summed E-state index contributed by atoms with van der Waals surface area (Å²) in [6, 6.07) is 17.4. The largest absolute Gasteiger partial charge is 0.355 e. The number of hydrogen-bond donors (Lipinski definition) is 2. The molecule has 0 aliphatic rings. The monoisotopic (exact) mass is 344 g/mol. The van der Waals surface area contributed by atoms with Crippen molar-refractivity contribution in [2.75, 3.05) is 13.1 Å². The minimum absolute atomic E-state index is 0.148. The zero-order chi connectivity index (χ0) is 17.2. The first-order valence-corrected chi connectivity index (χ1v) is 8.33. The number of halogens is 1. The van der Waals surface area contributed by atoms with Crippen LogP contribution in [0.25, 0.3) is 0 Å². The highest BCUT2D eigenvalue weighted by molar-refractivity contribution is 6.30. The predicted octanol–water partition coefficient (Wildman–Crippen LogP) is 2.75. The van der Waals surface area contributed by atoms with E-state index in [-0.39, 0.29) is 18.2 Å². The summed E-state index contributed by atoms with van der Waals surface area (Å²) in [4.78, 5) is 23.5. The summed E-state index contributed by atoms with van der Waals surface area (Å²) < 4.78 is 0. The van der Waals surface area contributed by atoms with E-state index in [1.807, 2.05) is 54.6 Å². The third kappa shape index (κ3) is 6.84. The van der Waals surface area contributed by atoms with E-state index in [9.17, 15) is 9.59 Å². The summed E-state index contributed by atoms with van der Waals surface area (Å²) in [5.41, 5.74) is 2.21. The van der Waals surface area contributed by atoms with Crippen molar-refractivity contribution >= 4 is 23.4 Å². The van der Waals surface area contributed by atoms with Gasteiger partial charge < -0.3 is 10.6 Å². The summed E-state index contributed by atoms with van der Waals surface area (Å²) in [7, 11) is 0. The summed E-state index contributed by atoms with van der Waals surface area (Å²) in [5.74, 6) is -0.527. The standard InChI is InChI=1S/C19H21ClN2O2/c20-17-8-4-7-16(13-17)10-12-22-19(24)14-18(23)21-11-9-15-5-2-1-3-6-15/h1-8,13H,9-12,14H2,(H,21,23)(H,22,24). The second-order valence-electron chi connectivity index (χ2n) is 5.49. The molecule has 0 heterocycles. The van der Waals surface area contributed by atoms with E-state index in [4.69, 9.17) is 11.6 Å². The summed E-state index contributed by atoms with van der Waals surface area (Å²) in [6.45, 7) is 1.01. The van der Waals surface area contributed by atoms with E-state index < -0.39 is 0 Å². The lowest BCUT2D eigenvalue weighted by Crippen LogP contribution is -2.33. The molecule has 0 saturated heterocycles. The number of hydrogen-bond acceptors (Lipinski definition) is 2. The van der Waals surface area contributed by atoms with Crippen molar-refractivity contribution in [1.29, 1.82) is 0 Å². The number of amides is 2. The van der Waals surface area contributed by atoms with Crippen LogP contribution >= 0.6 is 11.6 Å². The Bertz CT molecular complexity index is 674. The molecule has 0 fully saturated rings. The zero-order valence-corrected chi connectivity index (χ0v) is 14.2. The quantitative estimate of drug-likeness (QED) is 0.723. The molecule has 4 nitrogen and oxygen atoms in total. The molecule has 0 spiro atoms. The van der Waals surface area contributed by atoms with Crippen LogP contribution in [0, 0.1) is 0 Å². The summed E-state index contributed by atoms with van der Waals surface area (Å²) in [5, 5.41) is 6.18. The van der Waals surface area contributed by atoms with Gasteiger partial charge >= 0.3 is 0 Å². The van der Waals surface area contributed by atoms with Crippen molar-refractivity contribution in [3.8, 4) is 0 Å². The molecular formula is C19H21ClN2O2. The molecule has 0 aliphatic carbocycles. The molecular weight excluding hydrogens is 324 g/mol. The van der Waals surface area contributed by atoms with Gasteiger partial charge in [0, 0.05) is 18.1 Å². The third-order valence-corrected chi connectivity index (χ3v) is 3.76. The van der Waals surface area contributed by atoms with Gasteiger partial charge in [-0.3, -0.25) is 9.59 Å². The minimum Gasteiger partial charge on any atom is -0.355 e. The van der Waals surface area contributed by atoms with Gasteiger partial charge in [0.05, 0.1) is 0 Å². The lowest BCUT2D eigenvalue weighted by molar-refractivity contribution is -0.129. The zero-order valence-electron chi connectivity index (χ0n) is 13.4. The summed E-state index contributed by atoms with van der Waals surface area (Å²) in [6.07, 6.45) is 1.29. The maximum absolute atomic E-state index is 11.7. The van der Waals surface area contributed by atoms with Crippen molar-refractivity contribution < 1.29 is 9.59 Å². The van der Waals surface area contributed by atoms with Gasteiger partial charge in [-0.25, -0.2) is 0 Å². The van der Waals surface area contributed by atoms with Crippen LogP contribution in [0.3, 0.4) is 0 Å². The van der Waals surface area contributed by atoms with E-state index >= 15 is 0 Å². The first-order chi connectivity index (χ1) is 11.6. The Kier molecular flexibility index (Phi) is 7.30. The molecule has 24 heavy (non-hydrogen) atoms. The number of carbonyl (C=O) groups is 2. The maximum Gasteiger partial charge on any atom is 0.229 e. The fourth-order valence-electron chi connectivity index (χ4n) is 2.30. The van der Waals surface area contributed by atoms with Gasteiger partial charge in [-0.1, -0.05) is 54.1 Å². The van der Waals surface area contributed by atoms with E-state index in [2.05, 4.69) is 10.6 Å². The van der Waals surface area contributed by atoms with Gasteiger partial charge in [-0.2, -0.15) is 0 Å². The molecule has 126 valence electrons. The molecule has 0 bridgehead atoms. The van der Waals surface area contributed by atoms with Crippen molar-refractivity contribution in [2.24, 2.45) is 0 Å². The van der Waals surface area contributed by atoms with Crippen molar-refractivity contribution in [1.82, 2.24) is 10.6 Å². The molecule has 2 aromatic carbocycles. The van der Waals surface area contributed by atoms with Crippen molar-refractivity contribution in [3.05, 3.63) is 70.7 Å². The summed E-state index contributed by atoms with van der Waals surface area (Å²) >= 11 is 5.91. The first kappa shape index (κ1) is 18.0. The normalized spacial score (nSPS) is 10.2. The van der Waals surface area contributed by atoms with Crippen molar-refractivity contribution in [2.45, 2.75) is 19.3 Å². The maximum atomic E-state index is 11.7. The van der Waals surface area contributed by atoms with Gasteiger partial charge in [-0.15, -0.1) is 0 Å². The second-order valence-corrected chi connectivity index (χ2v) is 5.93. The van der Waals surface area contributed by atoms with E-state index in [1.54, 1.807) is 0 Å². The van der Waals surface area contributed by atoms with Gasteiger partial charge in [0.1, 0.15) is 6.42 Å². The second kappa shape index (κ2) is 9.73. The molecule has 0 atom stereocenters. The van der Waals surface area contributed by atoms with Crippen LogP contribution in [-0.2, 0) is 22.4 Å². The fraction of sp³-hybridized carbons (Fsp3) is 0.263. The Labute approximate surface area is 147 Å². The number of carbonyl (C=O) groups excluding carboxylic acids is 2. The number of benzene rings is 2. The SMILES string of the molecule is O=C(CC(=O)NCCc1cccc(Cl)c1)NCCc1ccccc1. The van der Waals surface area contributed by atoms with Crippen LogP contribution in [0.2, 0.25) is 5.02 Å². The van der Waals surface area contributed by atoms with Crippen LogP contribution in [0.1, 0.15) is 17.5 Å². The molecule has 5 heteroatoms. The number of rotatable bonds is 8. The van der Waals surface area contributed by atoms with E-state index in [0.717, 1.165) is 17.5 Å². The lowest BCUT2D eigenvalue weighted by Gasteiger charge is -2.07.